The molecule has 4 heteroatoms. The van der Waals surface area contributed by atoms with Crippen LogP contribution in [0, 0.1) is 5.41 Å². The average Bonchev–Trinajstić information content (AvgIpc) is 1.98. The van der Waals surface area contributed by atoms with Gasteiger partial charge in [0.25, 0.3) is 0 Å². The van der Waals surface area contributed by atoms with Gasteiger partial charge in [-0.2, -0.15) is 0 Å². The van der Waals surface area contributed by atoms with Crippen LogP contribution in [0.15, 0.2) is 0 Å². The molecule has 72 valence electrons. The van der Waals surface area contributed by atoms with Gasteiger partial charge in [-0.15, -0.1) is 0 Å². The number of amidine groups is 1. The van der Waals surface area contributed by atoms with Gasteiger partial charge >= 0.3 is 0 Å². The molecule has 0 saturated heterocycles. The van der Waals surface area contributed by atoms with Gasteiger partial charge in [0.05, 0.1) is 18.5 Å². The molecule has 0 fully saturated rings. The molecule has 0 spiro atoms. The zero-order valence-corrected chi connectivity index (χ0v) is 7.80. The quantitative estimate of drug-likeness (QED) is 0.340. The van der Waals surface area contributed by atoms with Crippen molar-refractivity contribution in [2.24, 2.45) is 5.73 Å². The third-order valence-corrected chi connectivity index (χ3v) is 1.39. The zero-order valence-electron chi connectivity index (χ0n) is 7.80. The molecule has 1 atom stereocenters. The highest BCUT2D eigenvalue weighted by Gasteiger charge is 2.00. The van der Waals surface area contributed by atoms with Gasteiger partial charge in [0, 0.05) is 20.1 Å². The van der Waals surface area contributed by atoms with E-state index in [1.165, 1.54) is 0 Å². The maximum atomic E-state index is 6.96. The number of methoxy groups -OCH3 is 1. The highest BCUT2D eigenvalue weighted by molar-refractivity contribution is 5.76. The number of rotatable bonds is 7. The molecule has 0 bridgehead atoms. The van der Waals surface area contributed by atoms with Gasteiger partial charge in [-0.05, 0) is 13.3 Å². The third kappa shape index (κ3) is 7.50. The van der Waals surface area contributed by atoms with Crippen LogP contribution in [-0.4, -0.2) is 32.3 Å². The minimum atomic E-state index is 0.127. The minimum absolute atomic E-state index is 0.127. The van der Waals surface area contributed by atoms with Crippen molar-refractivity contribution in [2.75, 3.05) is 20.3 Å². The van der Waals surface area contributed by atoms with Crippen molar-refractivity contribution in [3.8, 4) is 0 Å². The third-order valence-electron chi connectivity index (χ3n) is 1.39. The molecule has 0 aliphatic carbocycles. The van der Waals surface area contributed by atoms with E-state index >= 15 is 0 Å². The van der Waals surface area contributed by atoms with Crippen molar-refractivity contribution in [3.05, 3.63) is 0 Å². The van der Waals surface area contributed by atoms with Crippen LogP contribution in [0.2, 0.25) is 0 Å². The van der Waals surface area contributed by atoms with Crippen LogP contribution in [0.5, 0.6) is 0 Å². The van der Waals surface area contributed by atoms with E-state index in [0.29, 0.717) is 19.6 Å². The molecule has 0 rings (SSSR count). The molecule has 0 heterocycles. The van der Waals surface area contributed by atoms with Gasteiger partial charge in [-0.3, -0.25) is 5.41 Å². The standard InChI is InChI=1S/C8H18N2O2/c1-7(6-11-2)12-5-3-4-8(9)10/h7H,3-6H2,1-2H3,(H3,9,10). The first-order valence-corrected chi connectivity index (χ1v) is 4.10. The molecular formula is C8H18N2O2. The maximum absolute atomic E-state index is 6.96. The molecular weight excluding hydrogens is 156 g/mol. The molecule has 3 N–H and O–H groups in total. The van der Waals surface area contributed by atoms with Crippen LogP contribution >= 0.6 is 0 Å². The Morgan fingerprint density at radius 2 is 2.25 bits per heavy atom. The van der Waals surface area contributed by atoms with Crippen molar-refractivity contribution in [1.82, 2.24) is 0 Å². The average molecular weight is 174 g/mol. The molecule has 0 amide bonds. The van der Waals surface area contributed by atoms with Crippen molar-refractivity contribution in [3.63, 3.8) is 0 Å². The first-order valence-electron chi connectivity index (χ1n) is 4.10. The summed E-state index contributed by atoms with van der Waals surface area (Å²) in [5.74, 6) is 0.220. The minimum Gasteiger partial charge on any atom is -0.388 e. The number of nitrogens with one attached hydrogen (secondary N) is 1. The number of nitrogens with two attached hydrogens (primary N) is 1. The highest BCUT2D eigenvalue weighted by Crippen LogP contribution is 1.95. The van der Waals surface area contributed by atoms with Crippen LogP contribution in [0.3, 0.4) is 0 Å². The number of hydrogen-bond donors (Lipinski definition) is 2. The second-order valence-corrected chi connectivity index (χ2v) is 2.77. The van der Waals surface area contributed by atoms with Crippen molar-refractivity contribution >= 4 is 5.84 Å². The Balaban J connectivity index is 3.13. The SMILES string of the molecule is COCC(C)OCCCC(=N)N. The lowest BCUT2D eigenvalue weighted by molar-refractivity contribution is 0.00878. The molecule has 0 aliphatic rings. The summed E-state index contributed by atoms with van der Waals surface area (Å²) in [7, 11) is 1.65. The van der Waals surface area contributed by atoms with Crippen LogP contribution in [0.25, 0.3) is 0 Å². The largest absolute Gasteiger partial charge is 0.388 e. The van der Waals surface area contributed by atoms with E-state index in [4.69, 9.17) is 20.6 Å². The summed E-state index contributed by atoms with van der Waals surface area (Å²) in [5, 5.41) is 6.96. The van der Waals surface area contributed by atoms with Gasteiger partial charge in [0.15, 0.2) is 0 Å². The molecule has 0 saturated carbocycles. The summed E-state index contributed by atoms with van der Waals surface area (Å²) >= 11 is 0. The molecule has 0 radical (unpaired) electrons. The van der Waals surface area contributed by atoms with E-state index < -0.39 is 0 Å². The Kier molecular flexibility index (Phi) is 6.70. The molecule has 12 heavy (non-hydrogen) atoms. The summed E-state index contributed by atoms with van der Waals surface area (Å²) < 4.78 is 10.2. The monoisotopic (exact) mass is 174 g/mol. The fourth-order valence-corrected chi connectivity index (χ4v) is 0.830. The predicted octanol–water partition coefficient (Wildman–Crippen LogP) is 0.754. The van der Waals surface area contributed by atoms with Crippen molar-refractivity contribution < 1.29 is 9.47 Å². The van der Waals surface area contributed by atoms with E-state index in [1.54, 1.807) is 7.11 Å². The summed E-state index contributed by atoms with van der Waals surface area (Å²) in [6.07, 6.45) is 1.55. The summed E-state index contributed by atoms with van der Waals surface area (Å²) in [6, 6.07) is 0. The first-order chi connectivity index (χ1) is 5.66. The Morgan fingerprint density at radius 3 is 2.75 bits per heavy atom. The van der Waals surface area contributed by atoms with Gasteiger partial charge in [-0.1, -0.05) is 0 Å². The Bertz CT molecular complexity index is 128. The Hall–Kier alpha value is -0.610. The molecule has 0 aromatic rings. The lowest BCUT2D eigenvalue weighted by atomic mass is 10.3. The van der Waals surface area contributed by atoms with Crippen LogP contribution in [-0.2, 0) is 9.47 Å². The Morgan fingerprint density at radius 1 is 1.58 bits per heavy atom. The molecule has 0 aliphatic heterocycles. The molecule has 1 unspecified atom stereocenters. The second-order valence-electron chi connectivity index (χ2n) is 2.77. The van der Waals surface area contributed by atoms with E-state index in [1.807, 2.05) is 6.92 Å². The first kappa shape index (κ1) is 11.4. The van der Waals surface area contributed by atoms with Gasteiger partial charge in [0.1, 0.15) is 0 Å². The summed E-state index contributed by atoms with van der Waals surface area (Å²) in [5.41, 5.74) is 5.17. The number of hydrogen-bond acceptors (Lipinski definition) is 3. The lowest BCUT2D eigenvalue weighted by Crippen LogP contribution is -2.17. The zero-order chi connectivity index (χ0) is 9.40. The topological polar surface area (TPSA) is 68.3 Å². The van der Waals surface area contributed by atoms with Gasteiger partial charge < -0.3 is 15.2 Å². The van der Waals surface area contributed by atoms with E-state index in [9.17, 15) is 0 Å². The maximum Gasteiger partial charge on any atom is 0.0906 e. The smallest absolute Gasteiger partial charge is 0.0906 e. The predicted molar refractivity (Wildman–Crippen MR) is 48.4 cm³/mol. The van der Waals surface area contributed by atoms with Crippen LogP contribution in [0.4, 0.5) is 0 Å². The fraction of sp³-hybridized carbons (Fsp3) is 0.875. The van der Waals surface area contributed by atoms with Gasteiger partial charge in [-0.25, -0.2) is 0 Å². The van der Waals surface area contributed by atoms with Crippen LogP contribution < -0.4 is 5.73 Å². The summed E-state index contributed by atoms with van der Waals surface area (Å²) in [4.78, 5) is 0. The van der Waals surface area contributed by atoms with Crippen molar-refractivity contribution in [2.45, 2.75) is 25.9 Å². The normalized spacial score (nSPS) is 12.8. The van der Waals surface area contributed by atoms with E-state index in [2.05, 4.69) is 0 Å². The van der Waals surface area contributed by atoms with E-state index in [0.717, 1.165) is 6.42 Å². The molecule has 4 nitrogen and oxygen atoms in total. The molecule has 0 aromatic carbocycles. The Labute approximate surface area is 73.5 Å². The number of ether oxygens (including phenoxy) is 2. The van der Waals surface area contributed by atoms with Crippen molar-refractivity contribution in [1.29, 1.82) is 5.41 Å². The van der Waals surface area contributed by atoms with E-state index in [-0.39, 0.29) is 11.9 Å². The fourth-order valence-electron chi connectivity index (χ4n) is 0.830. The van der Waals surface area contributed by atoms with Gasteiger partial charge in [0.2, 0.25) is 0 Å². The highest BCUT2D eigenvalue weighted by atomic mass is 16.5. The molecule has 0 aromatic heterocycles. The lowest BCUT2D eigenvalue weighted by Gasteiger charge is -2.11. The summed E-state index contributed by atoms with van der Waals surface area (Å²) in [6.45, 7) is 3.21. The van der Waals surface area contributed by atoms with Crippen LogP contribution in [0.1, 0.15) is 19.8 Å². The second kappa shape index (κ2) is 7.06.